The number of hydrogen-bond acceptors (Lipinski definition) is 2. The number of halogens is 2. The average molecular weight is 330 g/mol. The van der Waals surface area contributed by atoms with E-state index in [1.807, 2.05) is 18.2 Å². The smallest absolute Gasteiger partial charge is 0.0759 e. The summed E-state index contributed by atoms with van der Waals surface area (Å²) in [6.07, 6.45) is 4.72. The van der Waals surface area contributed by atoms with Gasteiger partial charge in [0.1, 0.15) is 0 Å². The van der Waals surface area contributed by atoms with Gasteiger partial charge in [-0.05, 0) is 62.8 Å². The van der Waals surface area contributed by atoms with E-state index in [4.69, 9.17) is 27.9 Å². The first-order chi connectivity index (χ1) is 10.2. The molecule has 2 nitrogen and oxygen atoms in total. The fourth-order valence-corrected chi connectivity index (χ4v) is 3.33. The van der Waals surface area contributed by atoms with Crippen molar-refractivity contribution in [3.05, 3.63) is 33.8 Å². The van der Waals surface area contributed by atoms with E-state index in [9.17, 15) is 0 Å². The minimum absolute atomic E-state index is 0.258. The lowest BCUT2D eigenvalue weighted by atomic mass is 9.97. The number of nitrogens with one attached hydrogen (secondary N) is 1. The molecule has 1 fully saturated rings. The molecule has 1 N–H and O–H groups in total. The van der Waals surface area contributed by atoms with Crippen LogP contribution in [-0.4, -0.2) is 25.3 Å². The van der Waals surface area contributed by atoms with Crippen molar-refractivity contribution in [3.63, 3.8) is 0 Å². The summed E-state index contributed by atoms with van der Waals surface area (Å²) < 4.78 is 6.03. The van der Waals surface area contributed by atoms with E-state index in [1.54, 1.807) is 0 Å². The second kappa shape index (κ2) is 8.38. The van der Waals surface area contributed by atoms with E-state index in [2.05, 4.69) is 19.2 Å². The molecule has 1 saturated carbocycles. The third-order valence-electron chi connectivity index (χ3n) is 3.98. The summed E-state index contributed by atoms with van der Waals surface area (Å²) in [6, 6.07) is 5.98. The predicted octanol–water partition coefficient (Wildman–Crippen LogP) is 4.72. The predicted molar refractivity (Wildman–Crippen MR) is 90.4 cm³/mol. The van der Waals surface area contributed by atoms with E-state index in [0.29, 0.717) is 5.92 Å². The zero-order valence-corrected chi connectivity index (χ0v) is 14.4. The summed E-state index contributed by atoms with van der Waals surface area (Å²) in [7, 11) is 0. The highest BCUT2D eigenvalue weighted by atomic mass is 35.5. The number of hydrogen-bond donors (Lipinski definition) is 1. The summed E-state index contributed by atoms with van der Waals surface area (Å²) in [5, 5.41) is 5.13. The van der Waals surface area contributed by atoms with Gasteiger partial charge in [-0.25, -0.2) is 0 Å². The maximum Gasteiger partial charge on any atom is 0.0759 e. The fourth-order valence-electron chi connectivity index (χ4n) is 2.78. The molecule has 1 aliphatic carbocycles. The van der Waals surface area contributed by atoms with E-state index < -0.39 is 0 Å². The lowest BCUT2D eigenvalue weighted by Crippen LogP contribution is -2.44. The van der Waals surface area contributed by atoms with Gasteiger partial charge in [0.15, 0.2) is 0 Å². The minimum Gasteiger partial charge on any atom is -0.377 e. The van der Waals surface area contributed by atoms with Crippen LogP contribution in [0.5, 0.6) is 0 Å². The van der Waals surface area contributed by atoms with Gasteiger partial charge in [-0.15, -0.1) is 0 Å². The van der Waals surface area contributed by atoms with Gasteiger partial charge < -0.3 is 10.1 Å². The fraction of sp³-hybridized carbons (Fsp3) is 0.647. The van der Waals surface area contributed by atoms with E-state index in [-0.39, 0.29) is 12.1 Å². The van der Waals surface area contributed by atoms with Crippen molar-refractivity contribution in [2.24, 2.45) is 5.92 Å². The number of rotatable bonds is 9. The first-order valence-electron chi connectivity index (χ1n) is 7.95. The molecule has 21 heavy (non-hydrogen) atoms. The Bertz CT molecular complexity index is 428. The topological polar surface area (TPSA) is 21.3 Å². The Morgan fingerprint density at radius 1 is 1.24 bits per heavy atom. The van der Waals surface area contributed by atoms with Crippen molar-refractivity contribution < 1.29 is 4.74 Å². The molecule has 0 aromatic heterocycles. The molecule has 0 radical (unpaired) electrons. The highest BCUT2D eigenvalue weighted by Gasteiger charge is 2.37. The summed E-state index contributed by atoms with van der Waals surface area (Å²) in [5.41, 5.74) is 1.03. The molecule has 2 unspecified atom stereocenters. The molecule has 4 heteroatoms. The van der Waals surface area contributed by atoms with Crippen LogP contribution in [-0.2, 0) is 11.2 Å². The van der Waals surface area contributed by atoms with E-state index in [1.165, 1.54) is 12.8 Å². The Labute approximate surface area is 138 Å². The van der Waals surface area contributed by atoms with Crippen LogP contribution in [0.3, 0.4) is 0 Å². The van der Waals surface area contributed by atoms with Gasteiger partial charge in [0, 0.05) is 22.7 Å². The maximum absolute atomic E-state index is 6.33. The largest absolute Gasteiger partial charge is 0.377 e. The molecule has 118 valence electrons. The van der Waals surface area contributed by atoms with Crippen molar-refractivity contribution in [2.45, 2.75) is 51.7 Å². The molecule has 0 heterocycles. The second-order valence-electron chi connectivity index (χ2n) is 5.72. The Morgan fingerprint density at radius 3 is 2.43 bits per heavy atom. The standard InChI is InChI=1S/C17H25Cl2NO/c1-3-10-20-16(17(21-4-2)12-8-9-12)11-13-14(18)6-5-7-15(13)19/h5-7,12,16-17,20H,3-4,8-11H2,1-2H3. The van der Waals surface area contributed by atoms with Crippen molar-refractivity contribution in [3.8, 4) is 0 Å². The Morgan fingerprint density at radius 2 is 1.90 bits per heavy atom. The summed E-state index contributed by atoms with van der Waals surface area (Å²) >= 11 is 12.7. The molecule has 0 aliphatic heterocycles. The van der Waals surface area contributed by atoms with Gasteiger partial charge in [-0.3, -0.25) is 0 Å². The van der Waals surface area contributed by atoms with Crippen LogP contribution in [0.2, 0.25) is 10.0 Å². The molecule has 0 bridgehead atoms. The summed E-state index contributed by atoms with van der Waals surface area (Å²) in [6.45, 7) is 5.98. The molecule has 2 rings (SSSR count). The second-order valence-corrected chi connectivity index (χ2v) is 6.54. The van der Waals surface area contributed by atoms with Crippen LogP contribution in [0.15, 0.2) is 18.2 Å². The lowest BCUT2D eigenvalue weighted by molar-refractivity contribution is 0.0192. The minimum atomic E-state index is 0.258. The zero-order chi connectivity index (χ0) is 15.2. The van der Waals surface area contributed by atoms with Crippen LogP contribution >= 0.6 is 23.2 Å². The molecule has 0 saturated heterocycles. The average Bonchev–Trinajstić information content (AvgIpc) is 3.29. The SMILES string of the molecule is CCCNC(Cc1c(Cl)cccc1Cl)C(OCC)C1CC1. The van der Waals surface area contributed by atoms with Gasteiger partial charge in [0.2, 0.25) is 0 Å². The van der Waals surface area contributed by atoms with Gasteiger partial charge in [-0.2, -0.15) is 0 Å². The molecule has 2 atom stereocenters. The molecule has 0 spiro atoms. The van der Waals surface area contributed by atoms with Crippen LogP contribution in [0.25, 0.3) is 0 Å². The van der Waals surface area contributed by atoms with E-state index >= 15 is 0 Å². The summed E-state index contributed by atoms with van der Waals surface area (Å²) in [4.78, 5) is 0. The Balaban J connectivity index is 2.14. The molecular formula is C17H25Cl2NO. The van der Waals surface area contributed by atoms with Crippen molar-refractivity contribution in [1.29, 1.82) is 0 Å². The number of ether oxygens (including phenoxy) is 1. The highest BCUT2D eigenvalue weighted by molar-refractivity contribution is 6.36. The van der Waals surface area contributed by atoms with Crippen molar-refractivity contribution in [2.75, 3.05) is 13.2 Å². The molecule has 1 aromatic carbocycles. The normalized spacial score (nSPS) is 17.7. The summed E-state index contributed by atoms with van der Waals surface area (Å²) in [5.74, 6) is 0.681. The quantitative estimate of drug-likeness (QED) is 0.707. The first-order valence-corrected chi connectivity index (χ1v) is 8.70. The van der Waals surface area contributed by atoms with Crippen molar-refractivity contribution in [1.82, 2.24) is 5.32 Å². The molecule has 1 aliphatic rings. The lowest BCUT2D eigenvalue weighted by Gasteiger charge is -2.29. The molecular weight excluding hydrogens is 305 g/mol. The van der Waals surface area contributed by atoms with Crippen molar-refractivity contribution >= 4 is 23.2 Å². The van der Waals surface area contributed by atoms with Crippen LogP contribution in [0.4, 0.5) is 0 Å². The monoisotopic (exact) mass is 329 g/mol. The van der Waals surface area contributed by atoms with Gasteiger partial charge in [0.25, 0.3) is 0 Å². The van der Waals surface area contributed by atoms with Crippen LogP contribution in [0, 0.1) is 5.92 Å². The van der Waals surface area contributed by atoms with Crippen LogP contribution < -0.4 is 5.32 Å². The van der Waals surface area contributed by atoms with Gasteiger partial charge in [0.05, 0.1) is 6.10 Å². The Kier molecular flexibility index (Phi) is 6.81. The van der Waals surface area contributed by atoms with Gasteiger partial charge >= 0.3 is 0 Å². The maximum atomic E-state index is 6.33. The Hall–Kier alpha value is -0.280. The third kappa shape index (κ3) is 4.85. The highest BCUT2D eigenvalue weighted by Crippen LogP contribution is 2.37. The molecule has 1 aromatic rings. The van der Waals surface area contributed by atoms with E-state index in [0.717, 1.165) is 41.6 Å². The van der Waals surface area contributed by atoms with Gasteiger partial charge in [-0.1, -0.05) is 36.2 Å². The van der Waals surface area contributed by atoms with Crippen LogP contribution in [0.1, 0.15) is 38.7 Å². The molecule has 0 amide bonds. The number of benzene rings is 1. The third-order valence-corrected chi connectivity index (χ3v) is 4.69. The zero-order valence-electron chi connectivity index (χ0n) is 12.9. The first kappa shape index (κ1) is 17.1.